The van der Waals surface area contributed by atoms with E-state index < -0.39 is 0 Å². The first-order valence-corrected chi connectivity index (χ1v) is 10.3. The number of nitrogens with one attached hydrogen (secondary N) is 1. The first-order chi connectivity index (χ1) is 15.1. The van der Waals surface area contributed by atoms with Gasteiger partial charge in [0.2, 0.25) is 0 Å². The summed E-state index contributed by atoms with van der Waals surface area (Å²) in [7, 11) is 4.82. The van der Waals surface area contributed by atoms with Crippen LogP contribution < -0.4 is 20.3 Å². The van der Waals surface area contributed by atoms with Crippen LogP contribution >= 0.6 is 0 Å². The van der Waals surface area contributed by atoms with Crippen molar-refractivity contribution in [1.82, 2.24) is 14.5 Å². The number of piperidine rings is 1. The zero-order valence-electron chi connectivity index (χ0n) is 18.0. The molecule has 0 unspecified atom stereocenters. The lowest BCUT2D eigenvalue weighted by atomic mass is 10.0. The Bertz CT molecular complexity index is 1180. The SMILES string of the molecule is CNc1cc(-n2cc(C(=O)N3CCCCC3)c3cc(OC)c(OC)cc3c2=O)ccn1. The minimum absolute atomic E-state index is 0.0893. The summed E-state index contributed by atoms with van der Waals surface area (Å²) in [6.45, 7) is 1.43. The number of likely N-dealkylation sites (tertiary alicyclic amines) is 1. The Balaban J connectivity index is 1.99. The molecule has 0 saturated carbocycles. The number of benzene rings is 1. The second kappa shape index (κ2) is 8.67. The van der Waals surface area contributed by atoms with Crippen molar-refractivity contribution >= 4 is 22.5 Å². The number of hydrogen-bond acceptors (Lipinski definition) is 6. The number of nitrogens with zero attached hydrogens (tertiary/aromatic N) is 3. The first kappa shape index (κ1) is 20.7. The van der Waals surface area contributed by atoms with Gasteiger partial charge >= 0.3 is 0 Å². The van der Waals surface area contributed by atoms with E-state index in [4.69, 9.17) is 9.47 Å². The van der Waals surface area contributed by atoms with Gasteiger partial charge in [0.05, 0.1) is 30.9 Å². The van der Waals surface area contributed by atoms with Gasteiger partial charge in [0, 0.05) is 44.0 Å². The predicted octanol–water partition coefficient (Wildman–Crippen LogP) is 3.07. The Morgan fingerprint density at radius 1 is 1.03 bits per heavy atom. The van der Waals surface area contributed by atoms with Crippen molar-refractivity contribution in [2.45, 2.75) is 19.3 Å². The van der Waals surface area contributed by atoms with E-state index in [1.807, 2.05) is 4.90 Å². The molecule has 0 radical (unpaired) electrons. The zero-order valence-corrected chi connectivity index (χ0v) is 18.0. The number of fused-ring (bicyclic) bond motifs is 1. The fraction of sp³-hybridized carbons (Fsp3) is 0.348. The molecule has 1 aliphatic rings. The molecule has 2 aromatic heterocycles. The second-order valence-corrected chi connectivity index (χ2v) is 7.47. The minimum atomic E-state index is -0.251. The molecule has 8 heteroatoms. The third-order valence-corrected chi connectivity index (χ3v) is 5.67. The van der Waals surface area contributed by atoms with Crippen molar-refractivity contribution in [3.8, 4) is 17.2 Å². The molecular weight excluding hydrogens is 396 g/mol. The Kier molecular flexibility index (Phi) is 5.79. The second-order valence-electron chi connectivity index (χ2n) is 7.47. The highest BCUT2D eigenvalue weighted by atomic mass is 16.5. The van der Waals surface area contributed by atoms with Gasteiger partial charge in [0.25, 0.3) is 11.5 Å². The summed E-state index contributed by atoms with van der Waals surface area (Å²) in [6, 6.07) is 6.86. The summed E-state index contributed by atoms with van der Waals surface area (Å²) in [5.74, 6) is 1.45. The molecule has 0 aliphatic carbocycles. The molecule has 162 valence electrons. The molecule has 3 aromatic rings. The summed E-state index contributed by atoms with van der Waals surface area (Å²) >= 11 is 0. The molecular formula is C23H26N4O4. The highest BCUT2D eigenvalue weighted by Gasteiger charge is 2.24. The van der Waals surface area contributed by atoms with Crippen LogP contribution in [0, 0.1) is 0 Å². The van der Waals surface area contributed by atoms with Gasteiger partial charge in [-0.2, -0.15) is 0 Å². The molecule has 8 nitrogen and oxygen atoms in total. The van der Waals surface area contributed by atoms with Gasteiger partial charge in [0.1, 0.15) is 5.82 Å². The Labute approximate surface area is 180 Å². The van der Waals surface area contributed by atoms with E-state index in [1.54, 1.807) is 43.7 Å². The molecule has 0 spiro atoms. The van der Waals surface area contributed by atoms with E-state index in [1.165, 1.54) is 18.8 Å². The third kappa shape index (κ3) is 3.81. The van der Waals surface area contributed by atoms with Crippen LogP contribution in [-0.2, 0) is 0 Å². The molecule has 0 bridgehead atoms. The normalized spacial score (nSPS) is 13.8. The lowest BCUT2D eigenvalue weighted by Gasteiger charge is -2.27. The van der Waals surface area contributed by atoms with E-state index in [0.717, 1.165) is 19.3 Å². The number of methoxy groups -OCH3 is 2. The third-order valence-electron chi connectivity index (χ3n) is 5.67. The summed E-state index contributed by atoms with van der Waals surface area (Å²) in [4.78, 5) is 33.0. The van der Waals surface area contributed by atoms with Crippen LogP contribution in [0.4, 0.5) is 5.82 Å². The smallest absolute Gasteiger partial charge is 0.263 e. The highest BCUT2D eigenvalue weighted by Crippen LogP contribution is 2.33. The van der Waals surface area contributed by atoms with Gasteiger partial charge in [-0.25, -0.2) is 4.98 Å². The maximum Gasteiger partial charge on any atom is 0.263 e. The van der Waals surface area contributed by atoms with Crippen LogP contribution in [0.2, 0.25) is 0 Å². The Hall–Kier alpha value is -3.55. The number of carbonyl (C=O) groups excluding carboxylic acids is 1. The fourth-order valence-corrected chi connectivity index (χ4v) is 4.00. The van der Waals surface area contributed by atoms with E-state index in [9.17, 15) is 9.59 Å². The van der Waals surface area contributed by atoms with E-state index >= 15 is 0 Å². The lowest BCUT2D eigenvalue weighted by molar-refractivity contribution is 0.0725. The van der Waals surface area contributed by atoms with Crippen LogP contribution in [-0.4, -0.2) is 54.7 Å². The van der Waals surface area contributed by atoms with Crippen LogP contribution in [0.3, 0.4) is 0 Å². The van der Waals surface area contributed by atoms with Gasteiger partial charge in [-0.3, -0.25) is 14.2 Å². The highest BCUT2D eigenvalue weighted by molar-refractivity contribution is 6.07. The molecule has 1 aromatic carbocycles. The van der Waals surface area contributed by atoms with Crippen molar-refractivity contribution in [3.05, 3.63) is 52.6 Å². The van der Waals surface area contributed by atoms with Gasteiger partial charge in [-0.1, -0.05) is 0 Å². The number of amides is 1. The number of carbonyl (C=O) groups is 1. The minimum Gasteiger partial charge on any atom is -0.493 e. The zero-order chi connectivity index (χ0) is 22.0. The van der Waals surface area contributed by atoms with Crippen molar-refractivity contribution in [3.63, 3.8) is 0 Å². The molecule has 0 atom stereocenters. The average Bonchev–Trinajstić information content (AvgIpc) is 2.83. The molecule has 1 saturated heterocycles. The van der Waals surface area contributed by atoms with Crippen molar-refractivity contribution in [1.29, 1.82) is 0 Å². The number of anilines is 1. The fourth-order valence-electron chi connectivity index (χ4n) is 4.00. The first-order valence-electron chi connectivity index (χ1n) is 10.3. The molecule has 1 aliphatic heterocycles. The number of ether oxygens (including phenoxy) is 2. The standard InChI is InChI=1S/C23H26N4O4/c1-24-21-11-15(7-8-25-21)27-14-18(22(28)26-9-5-4-6-10-26)16-12-19(30-2)20(31-3)13-17(16)23(27)29/h7-8,11-14H,4-6,9-10H2,1-3H3,(H,24,25). The van der Waals surface area contributed by atoms with Crippen molar-refractivity contribution in [2.24, 2.45) is 0 Å². The number of rotatable bonds is 5. The molecule has 1 N–H and O–H groups in total. The van der Waals surface area contributed by atoms with Crippen molar-refractivity contribution < 1.29 is 14.3 Å². The topological polar surface area (TPSA) is 85.7 Å². The Morgan fingerprint density at radius 3 is 2.35 bits per heavy atom. The Morgan fingerprint density at radius 2 is 1.71 bits per heavy atom. The number of pyridine rings is 2. The maximum absolute atomic E-state index is 13.5. The van der Waals surface area contributed by atoms with Crippen molar-refractivity contribution in [2.75, 3.05) is 39.7 Å². The summed E-state index contributed by atoms with van der Waals surface area (Å²) in [5.41, 5.74) is 0.827. The van der Waals surface area contributed by atoms with Crippen LogP contribution in [0.15, 0.2) is 41.5 Å². The molecule has 3 heterocycles. The van der Waals surface area contributed by atoms with E-state index in [-0.39, 0.29) is 11.5 Å². The quantitative estimate of drug-likeness (QED) is 0.680. The van der Waals surface area contributed by atoms with Gasteiger partial charge < -0.3 is 19.7 Å². The predicted molar refractivity (Wildman–Crippen MR) is 120 cm³/mol. The summed E-state index contributed by atoms with van der Waals surface area (Å²) in [6.07, 6.45) is 6.34. The lowest BCUT2D eigenvalue weighted by Crippen LogP contribution is -2.36. The van der Waals surface area contributed by atoms with Crippen LogP contribution in [0.25, 0.3) is 16.5 Å². The molecule has 31 heavy (non-hydrogen) atoms. The van der Waals surface area contributed by atoms with Crippen LogP contribution in [0.1, 0.15) is 29.6 Å². The average molecular weight is 422 g/mol. The summed E-state index contributed by atoms with van der Waals surface area (Å²) in [5, 5.41) is 3.92. The number of aromatic nitrogens is 2. The van der Waals surface area contributed by atoms with Gasteiger partial charge in [0.15, 0.2) is 11.5 Å². The summed E-state index contributed by atoms with van der Waals surface area (Å²) < 4.78 is 12.3. The monoisotopic (exact) mass is 422 g/mol. The largest absolute Gasteiger partial charge is 0.493 e. The van der Waals surface area contributed by atoms with E-state index in [0.29, 0.717) is 52.4 Å². The van der Waals surface area contributed by atoms with E-state index in [2.05, 4.69) is 10.3 Å². The number of hydrogen-bond donors (Lipinski definition) is 1. The molecule has 1 fully saturated rings. The molecule has 1 amide bonds. The van der Waals surface area contributed by atoms with Gasteiger partial charge in [-0.15, -0.1) is 0 Å². The van der Waals surface area contributed by atoms with Gasteiger partial charge in [-0.05, 0) is 37.5 Å². The molecule has 4 rings (SSSR count). The van der Waals surface area contributed by atoms with Crippen LogP contribution in [0.5, 0.6) is 11.5 Å². The maximum atomic E-state index is 13.5.